The molecule has 0 atom stereocenters. The number of hydrogen-bond donors (Lipinski definition) is 3. The molecular formula is C21H23N3O4. The van der Waals surface area contributed by atoms with Gasteiger partial charge in [0.05, 0.1) is 13.3 Å². The Kier molecular flexibility index (Phi) is 7.33. The van der Waals surface area contributed by atoms with Gasteiger partial charge in [-0.15, -0.1) is 6.58 Å². The standard InChI is InChI=1S/C21H23N3O4/c1-4-7-16-10-15(11-18(28-3)21(16)27)13-22-24-20(26)12-19(25)23-17-9-6-5-8-14(17)2/h4-6,8-11,13,27H,1,7,12H2,2-3H3,(H,23,25)(H,24,26)/b22-13+. The van der Waals surface area contributed by atoms with Crippen molar-refractivity contribution in [2.24, 2.45) is 5.10 Å². The number of anilines is 1. The fourth-order valence-electron chi connectivity index (χ4n) is 2.50. The van der Waals surface area contributed by atoms with Gasteiger partial charge in [-0.2, -0.15) is 5.10 Å². The number of allylic oxidation sites excluding steroid dienone is 1. The van der Waals surface area contributed by atoms with Crippen LogP contribution in [0.5, 0.6) is 11.5 Å². The number of phenolic OH excluding ortho intramolecular Hbond substituents is 1. The van der Waals surface area contributed by atoms with Crippen molar-refractivity contribution in [2.75, 3.05) is 12.4 Å². The maximum absolute atomic E-state index is 12.0. The van der Waals surface area contributed by atoms with E-state index in [2.05, 4.69) is 22.4 Å². The number of nitrogens with zero attached hydrogens (tertiary/aromatic N) is 1. The Morgan fingerprint density at radius 1 is 1.25 bits per heavy atom. The van der Waals surface area contributed by atoms with Crippen LogP contribution in [0.4, 0.5) is 5.69 Å². The van der Waals surface area contributed by atoms with E-state index in [4.69, 9.17) is 4.74 Å². The monoisotopic (exact) mass is 381 g/mol. The Balaban J connectivity index is 1.95. The third kappa shape index (κ3) is 5.70. The Morgan fingerprint density at radius 2 is 2.00 bits per heavy atom. The summed E-state index contributed by atoms with van der Waals surface area (Å²) in [4.78, 5) is 23.9. The van der Waals surface area contributed by atoms with Crippen LogP contribution in [0.25, 0.3) is 0 Å². The van der Waals surface area contributed by atoms with E-state index in [0.29, 0.717) is 29.0 Å². The molecule has 0 fully saturated rings. The van der Waals surface area contributed by atoms with Gasteiger partial charge in [0.1, 0.15) is 6.42 Å². The van der Waals surface area contributed by atoms with E-state index in [9.17, 15) is 14.7 Å². The molecule has 0 aliphatic carbocycles. The molecule has 2 aromatic rings. The first-order valence-corrected chi connectivity index (χ1v) is 8.62. The van der Waals surface area contributed by atoms with Crippen molar-refractivity contribution in [3.8, 4) is 11.5 Å². The summed E-state index contributed by atoms with van der Waals surface area (Å²) < 4.78 is 5.13. The van der Waals surface area contributed by atoms with Crippen LogP contribution >= 0.6 is 0 Å². The normalized spacial score (nSPS) is 10.5. The highest BCUT2D eigenvalue weighted by molar-refractivity contribution is 6.04. The molecule has 0 spiro atoms. The van der Waals surface area contributed by atoms with Crippen LogP contribution in [-0.4, -0.2) is 30.2 Å². The molecule has 0 saturated carbocycles. The van der Waals surface area contributed by atoms with Gasteiger partial charge in [0.15, 0.2) is 11.5 Å². The number of ether oxygens (including phenoxy) is 1. The summed E-state index contributed by atoms with van der Waals surface area (Å²) in [6.07, 6.45) is 3.16. The number of carbonyl (C=O) groups is 2. The molecule has 146 valence electrons. The third-order valence-electron chi connectivity index (χ3n) is 3.90. The number of hydrazone groups is 1. The van der Waals surface area contributed by atoms with Crippen LogP contribution in [0.3, 0.4) is 0 Å². The summed E-state index contributed by atoms with van der Waals surface area (Å²) in [5, 5.41) is 16.6. The maximum Gasteiger partial charge on any atom is 0.249 e. The molecule has 0 aliphatic heterocycles. The number of methoxy groups -OCH3 is 1. The lowest BCUT2D eigenvalue weighted by atomic mass is 10.1. The molecule has 0 aromatic heterocycles. The average molecular weight is 381 g/mol. The third-order valence-corrected chi connectivity index (χ3v) is 3.90. The summed E-state index contributed by atoms with van der Waals surface area (Å²) in [6, 6.07) is 10.6. The van der Waals surface area contributed by atoms with Crippen molar-refractivity contribution in [2.45, 2.75) is 19.8 Å². The first kappa shape index (κ1) is 20.7. The highest BCUT2D eigenvalue weighted by Gasteiger charge is 2.11. The molecule has 0 unspecified atom stereocenters. The Morgan fingerprint density at radius 3 is 2.68 bits per heavy atom. The molecule has 28 heavy (non-hydrogen) atoms. The van der Waals surface area contributed by atoms with Crippen LogP contribution in [0.15, 0.2) is 54.2 Å². The second-order valence-electron chi connectivity index (χ2n) is 6.06. The van der Waals surface area contributed by atoms with Gasteiger partial charge < -0.3 is 15.2 Å². The zero-order valence-electron chi connectivity index (χ0n) is 15.9. The number of rotatable bonds is 8. The summed E-state index contributed by atoms with van der Waals surface area (Å²) in [5.41, 5.74) is 5.13. The van der Waals surface area contributed by atoms with E-state index in [1.807, 2.05) is 19.1 Å². The highest BCUT2D eigenvalue weighted by atomic mass is 16.5. The molecule has 0 heterocycles. The topological polar surface area (TPSA) is 100 Å². The lowest BCUT2D eigenvalue weighted by Crippen LogP contribution is -2.24. The quantitative estimate of drug-likeness (QED) is 0.283. The van der Waals surface area contributed by atoms with Gasteiger partial charge in [-0.1, -0.05) is 24.3 Å². The van der Waals surface area contributed by atoms with Gasteiger partial charge in [-0.3, -0.25) is 9.59 Å². The fraction of sp³-hybridized carbons (Fsp3) is 0.190. The van der Waals surface area contributed by atoms with Crippen LogP contribution < -0.4 is 15.5 Å². The van der Waals surface area contributed by atoms with Gasteiger partial charge in [-0.05, 0) is 42.7 Å². The van der Waals surface area contributed by atoms with Gasteiger partial charge in [0, 0.05) is 11.3 Å². The van der Waals surface area contributed by atoms with E-state index >= 15 is 0 Å². The van der Waals surface area contributed by atoms with Crippen molar-refractivity contribution >= 4 is 23.7 Å². The molecule has 0 bridgehead atoms. The fourth-order valence-corrected chi connectivity index (χ4v) is 2.50. The Bertz CT molecular complexity index is 907. The van der Waals surface area contributed by atoms with E-state index < -0.39 is 11.8 Å². The van der Waals surface area contributed by atoms with Crippen LogP contribution in [0, 0.1) is 6.92 Å². The molecular weight excluding hydrogens is 358 g/mol. The number of para-hydroxylation sites is 1. The molecule has 0 saturated heterocycles. The molecule has 2 aromatic carbocycles. The van der Waals surface area contributed by atoms with Gasteiger partial charge in [0.2, 0.25) is 11.8 Å². The van der Waals surface area contributed by atoms with Crippen molar-refractivity contribution in [3.05, 3.63) is 65.7 Å². The van der Waals surface area contributed by atoms with E-state index in [-0.39, 0.29) is 12.2 Å². The van der Waals surface area contributed by atoms with Gasteiger partial charge >= 0.3 is 0 Å². The van der Waals surface area contributed by atoms with Crippen LogP contribution in [-0.2, 0) is 16.0 Å². The SMILES string of the molecule is C=CCc1cc(/C=N/NC(=O)CC(=O)Nc2ccccc2C)cc(OC)c1O. The van der Waals surface area contributed by atoms with Crippen molar-refractivity contribution < 1.29 is 19.4 Å². The first-order valence-electron chi connectivity index (χ1n) is 8.62. The second-order valence-corrected chi connectivity index (χ2v) is 6.06. The smallest absolute Gasteiger partial charge is 0.249 e. The molecule has 7 nitrogen and oxygen atoms in total. The van der Waals surface area contributed by atoms with E-state index in [1.54, 1.807) is 30.3 Å². The highest BCUT2D eigenvalue weighted by Crippen LogP contribution is 2.31. The minimum absolute atomic E-state index is 0.0384. The molecule has 2 amide bonds. The van der Waals surface area contributed by atoms with E-state index in [0.717, 1.165) is 5.56 Å². The number of phenols is 1. The predicted molar refractivity (Wildman–Crippen MR) is 109 cm³/mol. The summed E-state index contributed by atoms with van der Waals surface area (Å²) in [6.45, 7) is 5.52. The Hall–Kier alpha value is -3.61. The number of aryl methyl sites for hydroxylation is 1. The second kappa shape index (κ2) is 9.91. The minimum Gasteiger partial charge on any atom is -0.504 e. The molecule has 2 rings (SSSR count). The molecule has 7 heteroatoms. The summed E-state index contributed by atoms with van der Waals surface area (Å²) in [7, 11) is 1.45. The van der Waals surface area contributed by atoms with Crippen LogP contribution in [0.1, 0.15) is 23.1 Å². The zero-order chi connectivity index (χ0) is 20.5. The minimum atomic E-state index is -0.542. The maximum atomic E-state index is 12.0. The number of nitrogens with one attached hydrogen (secondary N) is 2. The first-order chi connectivity index (χ1) is 13.4. The van der Waals surface area contributed by atoms with Crippen molar-refractivity contribution in [1.82, 2.24) is 5.43 Å². The molecule has 0 aliphatic rings. The number of benzene rings is 2. The van der Waals surface area contributed by atoms with Gasteiger partial charge in [0.25, 0.3) is 0 Å². The average Bonchev–Trinajstić information content (AvgIpc) is 2.66. The Labute approximate surface area is 163 Å². The summed E-state index contributed by atoms with van der Waals surface area (Å²) >= 11 is 0. The predicted octanol–water partition coefficient (Wildman–Crippen LogP) is 2.92. The lowest BCUT2D eigenvalue weighted by molar-refractivity contribution is -0.126. The number of carbonyl (C=O) groups excluding carboxylic acids is 2. The number of aromatic hydroxyl groups is 1. The van der Waals surface area contributed by atoms with Crippen molar-refractivity contribution in [1.29, 1.82) is 0 Å². The largest absolute Gasteiger partial charge is 0.504 e. The van der Waals surface area contributed by atoms with E-state index in [1.165, 1.54) is 13.3 Å². The number of hydrogen-bond acceptors (Lipinski definition) is 5. The lowest BCUT2D eigenvalue weighted by Gasteiger charge is -2.09. The zero-order valence-corrected chi connectivity index (χ0v) is 15.9. The molecule has 3 N–H and O–H groups in total. The number of amides is 2. The summed E-state index contributed by atoms with van der Waals surface area (Å²) in [5.74, 6) is -0.637. The van der Waals surface area contributed by atoms with Crippen molar-refractivity contribution in [3.63, 3.8) is 0 Å². The molecule has 0 radical (unpaired) electrons. The van der Waals surface area contributed by atoms with Crippen LogP contribution in [0.2, 0.25) is 0 Å². The van der Waals surface area contributed by atoms with Gasteiger partial charge in [-0.25, -0.2) is 5.43 Å².